The molecule has 1 aromatic heterocycles. The largest absolute Gasteiger partial charge is 0.350 e. The van der Waals surface area contributed by atoms with Crippen molar-refractivity contribution in [3.63, 3.8) is 0 Å². The van der Waals surface area contributed by atoms with Gasteiger partial charge in [0, 0.05) is 30.9 Å². The number of methoxy groups -OCH3 is 2. The molecule has 2 rings (SSSR count). The fourth-order valence-electron chi connectivity index (χ4n) is 1.72. The summed E-state index contributed by atoms with van der Waals surface area (Å²) in [7, 11) is 3.17. The van der Waals surface area contributed by atoms with Gasteiger partial charge in [0.25, 0.3) is 0 Å². The third-order valence-corrected chi connectivity index (χ3v) is 3.44. The smallest absolute Gasteiger partial charge is 0.200 e. The minimum atomic E-state index is -0.466. The molecule has 0 spiro atoms. The third-order valence-electron chi connectivity index (χ3n) is 2.69. The zero-order chi connectivity index (χ0) is 13.7. The molecule has 0 aliphatic rings. The van der Waals surface area contributed by atoms with E-state index in [1.807, 2.05) is 18.4 Å². The van der Waals surface area contributed by atoms with Crippen LogP contribution in [0.4, 0.5) is 0 Å². The molecule has 0 saturated carbocycles. The van der Waals surface area contributed by atoms with Gasteiger partial charge in [-0.1, -0.05) is 12.1 Å². The summed E-state index contributed by atoms with van der Waals surface area (Å²) in [5.41, 5.74) is 1.69. The Morgan fingerprint density at radius 1 is 1.05 bits per heavy atom. The van der Waals surface area contributed by atoms with Crippen molar-refractivity contribution in [3.8, 4) is 11.4 Å². The second-order valence-corrected chi connectivity index (χ2v) is 4.72. The van der Waals surface area contributed by atoms with Gasteiger partial charge in [-0.3, -0.25) is 0 Å². The van der Waals surface area contributed by atoms with E-state index in [1.165, 1.54) is 4.90 Å². The molecule has 19 heavy (non-hydrogen) atoms. The normalized spacial score (nSPS) is 10.9. The zero-order valence-electron chi connectivity index (χ0n) is 11.2. The van der Waals surface area contributed by atoms with Gasteiger partial charge in [-0.05, 0) is 24.5 Å². The molecule has 2 aromatic rings. The molecule has 0 N–H and O–H groups in total. The highest BCUT2D eigenvalue weighted by Gasteiger charge is 2.12. The van der Waals surface area contributed by atoms with Crippen molar-refractivity contribution in [2.75, 3.05) is 20.5 Å². The van der Waals surface area contributed by atoms with Crippen LogP contribution in [0.15, 0.2) is 41.4 Å². The van der Waals surface area contributed by atoms with Gasteiger partial charge in [-0.15, -0.1) is 11.8 Å². The van der Waals surface area contributed by atoms with Gasteiger partial charge in [0.1, 0.15) is 5.69 Å². The number of thioether (sulfide) groups is 1. The van der Waals surface area contributed by atoms with E-state index in [-0.39, 0.29) is 0 Å². The molecule has 0 radical (unpaired) electrons. The molecule has 1 aromatic carbocycles. The standard InChI is InChI=1S/C14H16N2O2S/c1-17-14(18-2)12-8-9-15-13(16-12)10-4-6-11(19-3)7-5-10/h4-9,14H,1-3H3. The third kappa shape index (κ3) is 3.32. The highest BCUT2D eigenvalue weighted by molar-refractivity contribution is 7.98. The minimum Gasteiger partial charge on any atom is -0.350 e. The number of hydrogen-bond donors (Lipinski definition) is 0. The number of hydrogen-bond acceptors (Lipinski definition) is 5. The SMILES string of the molecule is COC(OC)c1ccnc(-c2ccc(SC)cc2)n1. The predicted molar refractivity (Wildman–Crippen MR) is 76.0 cm³/mol. The van der Waals surface area contributed by atoms with Crippen molar-refractivity contribution in [1.29, 1.82) is 0 Å². The van der Waals surface area contributed by atoms with Gasteiger partial charge in [-0.2, -0.15) is 0 Å². The topological polar surface area (TPSA) is 44.2 Å². The summed E-state index contributed by atoms with van der Waals surface area (Å²) in [6.45, 7) is 0. The summed E-state index contributed by atoms with van der Waals surface area (Å²) in [6, 6.07) is 9.93. The molecule has 100 valence electrons. The van der Waals surface area contributed by atoms with Crippen molar-refractivity contribution in [3.05, 3.63) is 42.2 Å². The van der Waals surface area contributed by atoms with E-state index in [2.05, 4.69) is 22.1 Å². The van der Waals surface area contributed by atoms with Crippen LogP contribution in [0.25, 0.3) is 11.4 Å². The average molecular weight is 276 g/mol. The zero-order valence-corrected chi connectivity index (χ0v) is 12.0. The van der Waals surface area contributed by atoms with Crippen molar-refractivity contribution in [2.45, 2.75) is 11.2 Å². The monoisotopic (exact) mass is 276 g/mol. The summed E-state index contributed by atoms with van der Waals surface area (Å²) < 4.78 is 10.4. The second-order valence-electron chi connectivity index (χ2n) is 3.84. The Morgan fingerprint density at radius 3 is 2.32 bits per heavy atom. The predicted octanol–water partition coefficient (Wildman–Crippen LogP) is 3.16. The van der Waals surface area contributed by atoms with Crippen molar-refractivity contribution in [2.24, 2.45) is 0 Å². The molecule has 0 amide bonds. The first-order valence-electron chi connectivity index (χ1n) is 5.81. The summed E-state index contributed by atoms with van der Waals surface area (Å²) >= 11 is 1.71. The lowest BCUT2D eigenvalue weighted by atomic mass is 10.2. The molecule has 0 aliphatic heterocycles. The molecule has 0 unspecified atom stereocenters. The summed E-state index contributed by atoms with van der Waals surface area (Å²) in [6.07, 6.45) is 3.30. The van der Waals surface area contributed by atoms with Crippen LogP contribution in [0.1, 0.15) is 12.0 Å². The van der Waals surface area contributed by atoms with Crippen LogP contribution in [-0.2, 0) is 9.47 Å². The van der Waals surface area contributed by atoms with E-state index < -0.39 is 6.29 Å². The van der Waals surface area contributed by atoms with E-state index in [1.54, 1.807) is 38.2 Å². The molecule has 0 aliphatic carbocycles. The number of benzene rings is 1. The van der Waals surface area contributed by atoms with E-state index in [4.69, 9.17) is 9.47 Å². The van der Waals surface area contributed by atoms with Crippen molar-refractivity contribution < 1.29 is 9.47 Å². The van der Waals surface area contributed by atoms with Crippen LogP contribution in [0.5, 0.6) is 0 Å². The van der Waals surface area contributed by atoms with E-state index in [0.29, 0.717) is 11.5 Å². The maximum atomic E-state index is 5.20. The summed E-state index contributed by atoms with van der Waals surface area (Å²) in [5.74, 6) is 0.671. The first-order valence-corrected chi connectivity index (χ1v) is 7.04. The number of ether oxygens (including phenoxy) is 2. The van der Waals surface area contributed by atoms with E-state index >= 15 is 0 Å². The molecule has 0 bridgehead atoms. The molecule has 4 nitrogen and oxygen atoms in total. The Morgan fingerprint density at radius 2 is 1.74 bits per heavy atom. The Labute approximate surface area is 117 Å². The van der Waals surface area contributed by atoms with Crippen LogP contribution in [0.2, 0.25) is 0 Å². The Hall–Kier alpha value is -1.43. The van der Waals surface area contributed by atoms with Crippen LogP contribution in [0, 0.1) is 0 Å². The second kappa shape index (κ2) is 6.65. The Balaban J connectivity index is 2.31. The molecule has 1 heterocycles. The molecule has 0 saturated heterocycles. The first kappa shape index (κ1) is 14.0. The molecule has 5 heteroatoms. The highest BCUT2D eigenvalue weighted by Crippen LogP contribution is 2.22. The summed E-state index contributed by atoms with van der Waals surface area (Å²) in [5, 5.41) is 0. The maximum absolute atomic E-state index is 5.20. The number of rotatable bonds is 5. The van der Waals surface area contributed by atoms with Gasteiger partial charge >= 0.3 is 0 Å². The van der Waals surface area contributed by atoms with E-state index in [0.717, 1.165) is 5.56 Å². The maximum Gasteiger partial charge on any atom is 0.200 e. The van der Waals surface area contributed by atoms with Gasteiger partial charge in [-0.25, -0.2) is 9.97 Å². The Bertz CT molecular complexity index is 527. The van der Waals surface area contributed by atoms with Gasteiger partial charge < -0.3 is 9.47 Å². The lowest BCUT2D eigenvalue weighted by Crippen LogP contribution is -2.07. The molecule has 0 atom stereocenters. The van der Waals surface area contributed by atoms with Crippen LogP contribution < -0.4 is 0 Å². The average Bonchev–Trinajstić information content (AvgIpc) is 2.49. The highest BCUT2D eigenvalue weighted by atomic mass is 32.2. The van der Waals surface area contributed by atoms with Crippen LogP contribution in [-0.4, -0.2) is 30.4 Å². The molecular formula is C14H16N2O2S. The van der Waals surface area contributed by atoms with Crippen molar-refractivity contribution >= 4 is 11.8 Å². The van der Waals surface area contributed by atoms with Gasteiger partial charge in [0.15, 0.2) is 5.82 Å². The lowest BCUT2D eigenvalue weighted by molar-refractivity contribution is -0.108. The molecular weight excluding hydrogens is 260 g/mol. The van der Waals surface area contributed by atoms with Crippen LogP contribution in [0.3, 0.4) is 0 Å². The quantitative estimate of drug-likeness (QED) is 0.620. The number of nitrogens with zero attached hydrogens (tertiary/aromatic N) is 2. The number of aromatic nitrogens is 2. The van der Waals surface area contributed by atoms with Gasteiger partial charge in [0.2, 0.25) is 6.29 Å². The Kier molecular flexibility index (Phi) is 4.90. The lowest BCUT2D eigenvalue weighted by Gasteiger charge is -2.13. The van der Waals surface area contributed by atoms with Crippen molar-refractivity contribution in [1.82, 2.24) is 9.97 Å². The fraction of sp³-hybridized carbons (Fsp3) is 0.286. The van der Waals surface area contributed by atoms with Gasteiger partial charge in [0.05, 0.1) is 0 Å². The first-order chi connectivity index (χ1) is 9.28. The molecule has 0 fully saturated rings. The van der Waals surface area contributed by atoms with Crippen LogP contribution >= 0.6 is 11.8 Å². The van der Waals surface area contributed by atoms with E-state index in [9.17, 15) is 0 Å². The fourth-order valence-corrected chi connectivity index (χ4v) is 2.13. The minimum absolute atomic E-state index is 0.466. The summed E-state index contributed by atoms with van der Waals surface area (Å²) in [4.78, 5) is 9.97.